The second kappa shape index (κ2) is 6.56. The number of hydrogen-bond acceptors (Lipinski definition) is 4. The van der Waals surface area contributed by atoms with Crippen LogP contribution < -0.4 is 5.32 Å². The van der Waals surface area contributed by atoms with Gasteiger partial charge in [-0.05, 0) is 39.7 Å². The predicted octanol–water partition coefficient (Wildman–Crippen LogP) is 2.40. The molecule has 0 aromatic carbocycles. The minimum Gasteiger partial charge on any atom is -0.462 e. The molecule has 1 aromatic heterocycles. The van der Waals surface area contributed by atoms with Crippen LogP contribution >= 0.6 is 0 Å². The Kier molecular flexibility index (Phi) is 5.29. The van der Waals surface area contributed by atoms with Gasteiger partial charge in [-0.3, -0.25) is 9.36 Å². The minimum atomic E-state index is -0.584. The van der Waals surface area contributed by atoms with Crippen molar-refractivity contribution in [3.05, 3.63) is 23.0 Å². The van der Waals surface area contributed by atoms with Crippen LogP contribution in [0.25, 0.3) is 0 Å². The van der Waals surface area contributed by atoms with Crippen LogP contribution in [0.1, 0.15) is 61.0 Å². The average Bonchev–Trinajstić information content (AvgIpc) is 2.75. The molecule has 21 heavy (non-hydrogen) atoms. The van der Waals surface area contributed by atoms with Gasteiger partial charge < -0.3 is 10.1 Å². The summed E-state index contributed by atoms with van der Waals surface area (Å²) in [7, 11) is 0. The second-order valence-corrected chi connectivity index (χ2v) is 5.66. The molecule has 0 atom stereocenters. The predicted molar refractivity (Wildman–Crippen MR) is 78.8 cm³/mol. The van der Waals surface area contributed by atoms with Crippen LogP contribution in [0.3, 0.4) is 0 Å². The van der Waals surface area contributed by atoms with Gasteiger partial charge in [-0.2, -0.15) is 0 Å². The zero-order valence-corrected chi connectivity index (χ0v) is 13.1. The SMILES string of the molecule is CCOC(=O)c1c(CC)cn(C(=O)NC(C)(C)C)c1C=O. The maximum absolute atomic E-state index is 12.2. The summed E-state index contributed by atoms with van der Waals surface area (Å²) < 4.78 is 6.13. The molecule has 0 spiro atoms. The van der Waals surface area contributed by atoms with Crippen molar-refractivity contribution >= 4 is 18.3 Å². The lowest BCUT2D eigenvalue weighted by atomic mass is 10.1. The van der Waals surface area contributed by atoms with Gasteiger partial charge in [0.25, 0.3) is 0 Å². The van der Waals surface area contributed by atoms with Crippen molar-refractivity contribution in [2.24, 2.45) is 0 Å². The van der Waals surface area contributed by atoms with Crippen molar-refractivity contribution in [3.63, 3.8) is 0 Å². The summed E-state index contributed by atoms with van der Waals surface area (Å²) in [4.78, 5) is 35.6. The molecule has 1 aromatic rings. The lowest BCUT2D eigenvalue weighted by Gasteiger charge is -2.21. The molecule has 0 radical (unpaired) electrons. The van der Waals surface area contributed by atoms with E-state index in [1.165, 1.54) is 10.8 Å². The van der Waals surface area contributed by atoms with E-state index in [1.807, 2.05) is 27.7 Å². The zero-order valence-electron chi connectivity index (χ0n) is 13.1. The molecule has 0 saturated heterocycles. The van der Waals surface area contributed by atoms with Crippen LogP contribution in [0.15, 0.2) is 6.20 Å². The topological polar surface area (TPSA) is 77.4 Å². The molecule has 0 unspecified atom stereocenters. The zero-order chi connectivity index (χ0) is 16.2. The van der Waals surface area contributed by atoms with Crippen molar-refractivity contribution < 1.29 is 19.1 Å². The van der Waals surface area contributed by atoms with Gasteiger partial charge in [0.15, 0.2) is 6.29 Å². The fraction of sp³-hybridized carbons (Fsp3) is 0.533. The Labute approximate surface area is 124 Å². The molecule has 6 heteroatoms. The highest BCUT2D eigenvalue weighted by molar-refractivity contribution is 6.01. The lowest BCUT2D eigenvalue weighted by molar-refractivity contribution is 0.0523. The van der Waals surface area contributed by atoms with Gasteiger partial charge in [0.1, 0.15) is 5.69 Å². The van der Waals surface area contributed by atoms with Crippen molar-refractivity contribution in [2.45, 2.75) is 46.6 Å². The van der Waals surface area contributed by atoms with E-state index in [1.54, 1.807) is 6.92 Å². The number of aryl methyl sites for hydroxylation is 1. The highest BCUT2D eigenvalue weighted by atomic mass is 16.5. The van der Waals surface area contributed by atoms with Crippen LogP contribution in [0, 0.1) is 0 Å². The van der Waals surface area contributed by atoms with E-state index in [4.69, 9.17) is 4.74 Å². The quantitative estimate of drug-likeness (QED) is 0.683. The molecule has 1 rings (SSSR count). The number of aldehydes is 1. The van der Waals surface area contributed by atoms with E-state index in [-0.39, 0.29) is 17.9 Å². The lowest BCUT2D eigenvalue weighted by Crippen LogP contribution is -2.43. The molecular formula is C15H22N2O4. The van der Waals surface area contributed by atoms with Crippen LogP contribution in [-0.2, 0) is 11.2 Å². The van der Waals surface area contributed by atoms with Crippen LogP contribution in [0.5, 0.6) is 0 Å². The maximum atomic E-state index is 12.2. The molecule has 0 bridgehead atoms. The number of aromatic nitrogens is 1. The molecule has 0 fully saturated rings. The van der Waals surface area contributed by atoms with Gasteiger partial charge in [-0.1, -0.05) is 6.92 Å². The van der Waals surface area contributed by atoms with Gasteiger partial charge in [-0.25, -0.2) is 9.59 Å². The molecule has 0 saturated carbocycles. The molecule has 0 aliphatic rings. The normalized spacial score (nSPS) is 11.1. The molecular weight excluding hydrogens is 272 g/mol. The Balaban J connectivity index is 3.32. The van der Waals surface area contributed by atoms with Crippen molar-refractivity contribution in [1.82, 2.24) is 9.88 Å². The smallest absolute Gasteiger partial charge is 0.340 e. The fourth-order valence-electron chi connectivity index (χ4n) is 1.95. The summed E-state index contributed by atoms with van der Waals surface area (Å²) >= 11 is 0. The molecule has 6 nitrogen and oxygen atoms in total. The Morgan fingerprint density at radius 2 is 1.95 bits per heavy atom. The van der Waals surface area contributed by atoms with Gasteiger partial charge in [0, 0.05) is 11.7 Å². The average molecular weight is 294 g/mol. The largest absolute Gasteiger partial charge is 0.462 e. The van der Waals surface area contributed by atoms with E-state index in [2.05, 4.69) is 5.32 Å². The van der Waals surface area contributed by atoms with E-state index >= 15 is 0 Å². The Hall–Kier alpha value is -2.11. The first-order chi connectivity index (χ1) is 9.75. The summed E-state index contributed by atoms with van der Waals surface area (Å²) in [5.41, 5.74) is 0.350. The van der Waals surface area contributed by atoms with Gasteiger partial charge in [0.05, 0.1) is 12.2 Å². The Morgan fingerprint density at radius 3 is 2.38 bits per heavy atom. The van der Waals surface area contributed by atoms with Gasteiger partial charge in [0.2, 0.25) is 0 Å². The monoisotopic (exact) mass is 294 g/mol. The summed E-state index contributed by atoms with van der Waals surface area (Å²) in [6, 6.07) is -0.449. The number of esters is 1. The number of rotatable bonds is 4. The van der Waals surface area contributed by atoms with Crippen LogP contribution in [-0.4, -0.2) is 35.0 Å². The third-order valence-corrected chi connectivity index (χ3v) is 2.79. The molecule has 1 heterocycles. The first-order valence-electron chi connectivity index (χ1n) is 6.94. The summed E-state index contributed by atoms with van der Waals surface area (Å²) in [5, 5.41) is 2.76. The Morgan fingerprint density at radius 1 is 1.33 bits per heavy atom. The van der Waals surface area contributed by atoms with E-state index in [0.29, 0.717) is 18.3 Å². The van der Waals surface area contributed by atoms with Gasteiger partial charge in [-0.15, -0.1) is 0 Å². The second-order valence-electron chi connectivity index (χ2n) is 5.66. The van der Waals surface area contributed by atoms with Crippen molar-refractivity contribution in [1.29, 1.82) is 0 Å². The number of carbonyl (C=O) groups excluding carboxylic acids is 3. The summed E-state index contributed by atoms with van der Waals surface area (Å²) in [6.45, 7) is 9.25. The third kappa shape index (κ3) is 3.93. The van der Waals surface area contributed by atoms with Crippen molar-refractivity contribution in [3.8, 4) is 0 Å². The van der Waals surface area contributed by atoms with E-state index in [0.717, 1.165) is 0 Å². The number of ether oxygens (including phenoxy) is 1. The highest BCUT2D eigenvalue weighted by Crippen LogP contribution is 2.19. The van der Waals surface area contributed by atoms with E-state index in [9.17, 15) is 14.4 Å². The van der Waals surface area contributed by atoms with Crippen LogP contribution in [0.4, 0.5) is 4.79 Å². The van der Waals surface area contributed by atoms with Gasteiger partial charge >= 0.3 is 12.0 Å². The molecule has 0 aliphatic carbocycles. The fourth-order valence-corrected chi connectivity index (χ4v) is 1.95. The number of hydrogen-bond donors (Lipinski definition) is 1. The number of amides is 1. The Bertz CT molecular complexity index is 553. The summed E-state index contributed by atoms with van der Waals surface area (Å²) in [6.07, 6.45) is 2.54. The van der Waals surface area contributed by atoms with E-state index < -0.39 is 17.5 Å². The first kappa shape index (κ1) is 16.9. The highest BCUT2D eigenvalue weighted by Gasteiger charge is 2.26. The minimum absolute atomic E-state index is 0.0204. The molecule has 1 N–H and O–H groups in total. The number of nitrogens with zero attached hydrogens (tertiary/aromatic N) is 1. The number of nitrogens with one attached hydrogen (secondary N) is 1. The van der Waals surface area contributed by atoms with Crippen molar-refractivity contribution in [2.75, 3.05) is 6.61 Å². The standard InChI is InChI=1S/C15H22N2O4/c1-6-10-8-17(14(20)16-15(3,4)5)11(9-18)12(10)13(19)21-7-2/h8-9H,6-7H2,1-5H3,(H,16,20). The molecule has 1 amide bonds. The molecule has 0 aliphatic heterocycles. The third-order valence-electron chi connectivity index (χ3n) is 2.79. The van der Waals surface area contributed by atoms with Crippen LogP contribution in [0.2, 0.25) is 0 Å². The molecule has 116 valence electrons. The summed E-state index contributed by atoms with van der Waals surface area (Å²) in [5.74, 6) is -0.584. The number of carbonyl (C=O) groups is 3. The first-order valence-corrected chi connectivity index (χ1v) is 6.94. The maximum Gasteiger partial charge on any atom is 0.340 e.